The molecule has 0 bridgehead atoms. The van der Waals surface area contributed by atoms with E-state index >= 15 is 0 Å². The van der Waals surface area contributed by atoms with Gasteiger partial charge >= 0.3 is 0 Å². The van der Waals surface area contributed by atoms with Gasteiger partial charge in [0.05, 0.1) is 6.61 Å². The van der Waals surface area contributed by atoms with Gasteiger partial charge in [-0.25, -0.2) is 4.39 Å². The van der Waals surface area contributed by atoms with Gasteiger partial charge < -0.3 is 15.4 Å². The van der Waals surface area contributed by atoms with E-state index in [-0.39, 0.29) is 17.8 Å². The van der Waals surface area contributed by atoms with Crippen molar-refractivity contribution >= 4 is 5.91 Å². The number of hydrogen-bond donors (Lipinski definition) is 1. The Morgan fingerprint density at radius 1 is 1.55 bits per heavy atom. The van der Waals surface area contributed by atoms with Gasteiger partial charge in [0.15, 0.2) is 0 Å². The third-order valence-electron chi connectivity index (χ3n) is 4.15. The van der Waals surface area contributed by atoms with Crippen LogP contribution in [0.25, 0.3) is 0 Å². The number of piperidine rings is 1. The summed E-state index contributed by atoms with van der Waals surface area (Å²) >= 11 is 0. The predicted octanol–water partition coefficient (Wildman–Crippen LogP) is 2.57. The van der Waals surface area contributed by atoms with Crippen LogP contribution in [0.1, 0.15) is 32.6 Å². The molecule has 4 nitrogen and oxygen atoms in total. The highest BCUT2D eigenvalue weighted by atomic mass is 19.1. The van der Waals surface area contributed by atoms with Gasteiger partial charge in [-0.05, 0) is 44.2 Å². The maximum absolute atomic E-state index is 13.0. The number of nitrogens with two attached hydrogens (primary N) is 1. The van der Waals surface area contributed by atoms with Crippen molar-refractivity contribution in [2.24, 2.45) is 11.7 Å². The zero-order valence-corrected chi connectivity index (χ0v) is 13.1. The molecule has 22 heavy (non-hydrogen) atoms. The second kappa shape index (κ2) is 8.13. The van der Waals surface area contributed by atoms with Crippen LogP contribution in [-0.2, 0) is 4.79 Å². The molecule has 1 heterocycles. The van der Waals surface area contributed by atoms with Crippen molar-refractivity contribution in [2.75, 3.05) is 19.7 Å². The van der Waals surface area contributed by atoms with Crippen LogP contribution in [0.4, 0.5) is 4.39 Å². The van der Waals surface area contributed by atoms with Crippen LogP contribution in [0.3, 0.4) is 0 Å². The van der Waals surface area contributed by atoms with Gasteiger partial charge in [0.25, 0.3) is 0 Å². The first kappa shape index (κ1) is 16.7. The van der Waals surface area contributed by atoms with Gasteiger partial charge in [-0.3, -0.25) is 4.79 Å². The summed E-state index contributed by atoms with van der Waals surface area (Å²) in [7, 11) is 0. The zero-order valence-electron chi connectivity index (χ0n) is 13.1. The van der Waals surface area contributed by atoms with Gasteiger partial charge in [0, 0.05) is 31.6 Å². The fourth-order valence-corrected chi connectivity index (χ4v) is 2.79. The standard InChI is InChI=1S/C17H25FN2O2/c1-13(19)14-5-3-9-20(12-14)17(21)8-4-10-22-16-7-2-6-15(18)11-16/h2,6-7,11,13-14H,3-5,8-10,12,19H2,1H3. The van der Waals surface area contributed by atoms with Crippen LogP contribution in [0.2, 0.25) is 0 Å². The topological polar surface area (TPSA) is 55.6 Å². The quantitative estimate of drug-likeness (QED) is 0.822. The summed E-state index contributed by atoms with van der Waals surface area (Å²) in [5.41, 5.74) is 5.94. The lowest BCUT2D eigenvalue weighted by Gasteiger charge is -2.34. The Morgan fingerprint density at radius 2 is 2.36 bits per heavy atom. The predicted molar refractivity (Wildman–Crippen MR) is 84.1 cm³/mol. The lowest BCUT2D eigenvalue weighted by atomic mass is 9.92. The molecule has 5 heteroatoms. The van der Waals surface area contributed by atoms with E-state index in [9.17, 15) is 9.18 Å². The number of rotatable bonds is 6. The van der Waals surface area contributed by atoms with E-state index in [0.29, 0.717) is 31.1 Å². The van der Waals surface area contributed by atoms with E-state index in [4.69, 9.17) is 10.5 Å². The molecule has 1 aliphatic rings. The zero-order chi connectivity index (χ0) is 15.9. The number of amides is 1. The molecular formula is C17H25FN2O2. The molecule has 0 saturated carbocycles. The Labute approximate surface area is 131 Å². The van der Waals surface area contributed by atoms with Crippen molar-refractivity contribution in [1.29, 1.82) is 0 Å². The lowest BCUT2D eigenvalue weighted by Crippen LogP contribution is -2.45. The third-order valence-corrected chi connectivity index (χ3v) is 4.15. The van der Waals surface area contributed by atoms with Crippen molar-refractivity contribution in [3.8, 4) is 5.75 Å². The Balaban J connectivity index is 1.69. The first-order chi connectivity index (χ1) is 10.6. The largest absolute Gasteiger partial charge is 0.493 e. The molecule has 0 aliphatic carbocycles. The highest BCUT2D eigenvalue weighted by Crippen LogP contribution is 2.19. The molecule has 1 amide bonds. The lowest BCUT2D eigenvalue weighted by molar-refractivity contribution is -0.133. The first-order valence-corrected chi connectivity index (χ1v) is 7.98. The van der Waals surface area contributed by atoms with Crippen LogP contribution in [-0.4, -0.2) is 36.5 Å². The normalized spacial score (nSPS) is 19.8. The van der Waals surface area contributed by atoms with Gasteiger partial charge in [-0.1, -0.05) is 6.07 Å². The van der Waals surface area contributed by atoms with E-state index < -0.39 is 0 Å². The van der Waals surface area contributed by atoms with E-state index in [0.717, 1.165) is 25.9 Å². The fourth-order valence-electron chi connectivity index (χ4n) is 2.79. The number of nitrogens with zero attached hydrogens (tertiary/aromatic N) is 1. The Kier molecular flexibility index (Phi) is 6.19. The molecule has 1 fully saturated rings. The molecule has 1 aromatic carbocycles. The van der Waals surface area contributed by atoms with E-state index in [1.54, 1.807) is 12.1 Å². The van der Waals surface area contributed by atoms with Crippen LogP contribution >= 0.6 is 0 Å². The van der Waals surface area contributed by atoms with Crippen molar-refractivity contribution in [2.45, 2.75) is 38.6 Å². The second-order valence-corrected chi connectivity index (χ2v) is 6.01. The smallest absolute Gasteiger partial charge is 0.222 e. The number of carbonyl (C=O) groups is 1. The molecule has 122 valence electrons. The number of benzene rings is 1. The minimum absolute atomic E-state index is 0.131. The summed E-state index contributed by atoms with van der Waals surface area (Å²) in [5, 5.41) is 0. The highest BCUT2D eigenvalue weighted by Gasteiger charge is 2.25. The molecule has 2 rings (SSSR count). The van der Waals surface area contributed by atoms with Crippen molar-refractivity contribution < 1.29 is 13.9 Å². The monoisotopic (exact) mass is 308 g/mol. The van der Waals surface area contributed by atoms with E-state index in [2.05, 4.69) is 0 Å². The fraction of sp³-hybridized carbons (Fsp3) is 0.588. The van der Waals surface area contributed by atoms with Gasteiger partial charge in [-0.15, -0.1) is 0 Å². The molecule has 0 radical (unpaired) electrons. The molecule has 2 unspecified atom stereocenters. The Bertz CT molecular complexity index is 493. The van der Waals surface area contributed by atoms with Crippen molar-refractivity contribution in [3.63, 3.8) is 0 Å². The average molecular weight is 308 g/mol. The van der Waals surface area contributed by atoms with Crippen LogP contribution in [0.15, 0.2) is 24.3 Å². The van der Waals surface area contributed by atoms with Gasteiger partial charge in [0.2, 0.25) is 5.91 Å². The molecular weight excluding hydrogens is 283 g/mol. The van der Waals surface area contributed by atoms with Crippen molar-refractivity contribution in [3.05, 3.63) is 30.1 Å². The number of ether oxygens (including phenoxy) is 1. The molecule has 1 saturated heterocycles. The van der Waals surface area contributed by atoms with Crippen LogP contribution < -0.4 is 10.5 Å². The molecule has 2 atom stereocenters. The average Bonchev–Trinajstić information content (AvgIpc) is 2.51. The molecule has 0 spiro atoms. The van der Waals surface area contributed by atoms with Crippen LogP contribution in [0.5, 0.6) is 5.75 Å². The minimum atomic E-state index is -0.316. The Morgan fingerprint density at radius 3 is 3.09 bits per heavy atom. The van der Waals surface area contributed by atoms with Crippen LogP contribution in [0, 0.1) is 11.7 Å². The summed E-state index contributed by atoms with van der Waals surface area (Å²) in [5.74, 6) is 0.751. The maximum atomic E-state index is 13.0. The molecule has 1 aliphatic heterocycles. The maximum Gasteiger partial charge on any atom is 0.222 e. The SMILES string of the molecule is CC(N)C1CCCN(C(=O)CCCOc2cccc(F)c2)C1. The summed E-state index contributed by atoms with van der Waals surface area (Å²) in [6, 6.07) is 6.17. The minimum Gasteiger partial charge on any atom is -0.493 e. The number of carbonyl (C=O) groups excluding carboxylic acids is 1. The first-order valence-electron chi connectivity index (χ1n) is 7.98. The number of halogens is 1. The van der Waals surface area contributed by atoms with Gasteiger partial charge in [-0.2, -0.15) is 0 Å². The number of likely N-dealkylation sites (tertiary alicyclic amines) is 1. The Hall–Kier alpha value is -1.62. The van der Waals surface area contributed by atoms with Crippen molar-refractivity contribution in [1.82, 2.24) is 4.90 Å². The molecule has 0 aromatic heterocycles. The third kappa shape index (κ3) is 4.98. The second-order valence-electron chi connectivity index (χ2n) is 6.01. The summed E-state index contributed by atoms with van der Waals surface area (Å²) < 4.78 is 18.5. The summed E-state index contributed by atoms with van der Waals surface area (Å²) in [6.07, 6.45) is 3.22. The summed E-state index contributed by atoms with van der Waals surface area (Å²) in [6.45, 7) is 4.01. The highest BCUT2D eigenvalue weighted by molar-refractivity contribution is 5.76. The number of hydrogen-bond acceptors (Lipinski definition) is 3. The van der Waals surface area contributed by atoms with E-state index in [1.807, 2.05) is 11.8 Å². The van der Waals surface area contributed by atoms with Gasteiger partial charge in [0.1, 0.15) is 11.6 Å². The summed E-state index contributed by atoms with van der Waals surface area (Å²) in [4.78, 5) is 14.1. The molecule has 2 N–H and O–H groups in total. The molecule has 1 aromatic rings. The van der Waals surface area contributed by atoms with E-state index in [1.165, 1.54) is 12.1 Å².